The molecule has 8 heteroatoms. The molecular formula is C21H18N4OS3. The van der Waals surface area contributed by atoms with Gasteiger partial charge in [-0.15, -0.1) is 21.5 Å². The van der Waals surface area contributed by atoms with Gasteiger partial charge in [-0.3, -0.25) is 4.79 Å². The first-order valence-electron chi connectivity index (χ1n) is 8.97. The number of thioether (sulfide) groups is 1. The van der Waals surface area contributed by atoms with Crippen molar-refractivity contribution >= 4 is 45.5 Å². The van der Waals surface area contributed by atoms with Crippen molar-refractivity contribution in [3.05, 3.63) is 76.8 Å². The van der Waals surface area contributed by atoms with Crippen LogP contribution in [0.2, 0.25) is 0 Å². The number of carbonyl (C=O) groups excluding carboxylic acids is 1. The lowest BCUT2D eigenvalue weighted by Crippen LogP contribution is -2.14. The maximum atomic E-state index is 12.3. The summed E-state index contributed by atoms with van der Waals surface area (Å²) in [5.74, 6) is 0.686. The zero-order chi connectivity index (χ0) is 20.1. The largest absolute Gasteiger partial charge is 0.300 e. The van der Waals surface area contributed by atoms with Crippen LogP contribution in [0.4, 0.5) is 5.13 Å². The molecule has 0 fully saturated rings. The molecule has 0 bridgehead atoms. The molecular weight excluding hydrogens is 420 g/mol. The molecule has 2 aromatic carbocycles. The highest BCUT2D eigenvalue weighted by atomic mass is 32.2. The van der Waals surface area contributed by atoms with Gasteiger partial charge in [-0.1, -0.05) is 83.3 Å². The fourth-order valence-electron chi connectivity index (χ4n) is 2.58. The number of nitrogens with zero attached hydrogens (tertiary/aromatic N) is 3. The molecule has 146 valence electrons. The molecule has 0 aliphatic heterocycles. The van der Waals surface area contributed by atoms with Crippen molar-refractivity contribution in [3.8, 4) is 10.6 Å². The van der Waals surface area contributed by atoms with Crippen LogP contribution in [0, 0.1) is 6.92 Å². The number of carbonyl (C=O) groups is 1. The van der Waals surface area contributed by atoms with Crippen molar-refractivity contribution in [1.29, 1.82) is 0 Å². The maximum absolute atomic E-state index is 12.3. The summed E-state index contributed by atoms with van der Waals surface area (Å²) in [5.41, 5.74) is 4.26. The molecule has 4 aromatic rings. The summed E-state index contributed by atoms with van der Waals surface area (Å²) >= 11 is 4.54. The number of aromatic nitrogens is 3. The highest BCUT2D eigenvalue weighted by Crippen LogP contribution is 2.28. The minimum atomic E-state index is -0.137. The molecule has 0 atom stereocenters. The third kappa shape index (κ3) is 5.50. The summed E-state index contributed by atoms with van der Waals surface area (Å²) in [7, 11) is 0. The standard InChI is InChI=1S/C21H18N4OS3/c1-14-7-9-16(10-8-14)19-22-17(13-27-19)11-18(26)23-20-24-25-21(29-20)28-12-15-5-3-2-4-6-15/h2-10,13H,11-12H2,1H3,(H,23,24,26). The second-order valence-electron chi connectivity index (χ2n) is 6.38. The Hall–Kier alpha value is -2.55. The number of aryl methyl sites for hydroxylation is 1. The van der Waals surface area contributed by atoms with Crippen LogP contribution in [0.3, 0.4) is 0 Å². The number of hydrogen-bond acceptors (Lipinski definition) is 7. The minimum absolute atomic E-state index is 0.137. The Bertz CT molecular complexity index is 1090. The van der Waals surface area contributed by atoms with E-state index in [0.29, 0.717) is 5.13 Å². The molecule has 0 unspecified atom stereocenters. The third-order valence-corrected chi connectivity index (χ3v) is 7.03. The van der Waals surface area contributed by atoms with E-state index in [9.17, 15) is 4.79 Å². The second-order valence-corrected chi connectivity index (χ2v) is 9.44. The number of benzene rings is 2. The molecule has 1 amide bonds. The van der Waals surface area contributed by atoms with Gasteiger partial charge < -0.3 is 5.32 Å². The summed E-state index contributed by atoms with van der Waals surface area (Å²) < 4.78 is 0.833. The van der Waals surface area contributed by atoms with E-state index in [4.69, 9.17) is 0 Å². The van der Waals surface area contributed by atoms with Crippen LogP contribution in [0.15, 0.2) is 64.3 Å². The number of anilines is 1. The molecule has 0 aliphatic rings. The Balaban J connectivity index is 1.31. The Morgan fingerprint density at radius 3 is 2.66 bits per heavy atom. The van der Waals surface area contributed by atoms with Gasteiger partial charge >= 0.3 is 0 Å². The molecule has 5 nitrogen and oxygen atoms in total. The van der Waals surface area contributed by atoms with Crippen LogP contribution < -0.4 is 5.32 Å². The normalized spacial score (nSPS) is 10.8. The maximum Gasteiger partial charge on any atom is 0.232 e. The van der Waals surface area contributed by atoms with Gasteiger partial charge in [-0.25, -0.2) is 4.98 Å². The van der Waals surface area contributed by atoms with Crippen LogP contribution in [-0.2, 0) is 17.0 Å². The predicted octanol–water partition coefficient (Wildman–Crippen LogP) is 5.44. The molecule has 0 aliphatic carbocycles. The number of nitrogens with one attached hydrogen (secondary N) is 1. The van der Waals surface area contributed by atoms with Gasteiger partial charge in [0.2, 0.25) is 11.0 Å². The Morgan fingerprint density at radius 2 is 1.86 bits per heavy atom. The second kappa shape index (κ2) is 9.30. The summed E-state index contributed by atoms with van der Waals surface area (Å²) in [6.07, 6.45) is 0.217. The average molecular weight is 439 g/mol. The molecule has 0 radical (unpaired) electrons. The zero-order valence-corrected chi connectivity index (χ0v) is 18.1. The van der Waals surface area contributed by atoms with Gasteiger partial charge in [0.25, 0.3) is 0 Å². The highest BCUT2D eigenvalue weighted by Gasteiger charge is 2.12. The van der Waals surface area contributed by atoms with Gasteiger partial charge in [0, 0.05) is 16.7 Å². The molecule has 1 N–H and O–H groups in total. The summed E-state index contributed by atoms with van der Waals surface area (Å²) in [4.78, 5) is 16.9. The molecule has 0 saturated carbocycles. The number of hydrogen-bond donors (Lipinski definition) is 1. The quantitative estimate of drug-likeness (QED) is 0.307. The fourth-order valence-corrected chi connectivity index (χ4v) is 5.13. The van der Waals surface area contributed by atoms with Gasteiger partial charge in [0.15, 0.2) is 4.34 Å². The molecule has 2 aromatic heterocycles. The van der Waals surface area contributed by atoms with E-state index in [-0.39, 0.29) is 12.3 Å². The van der Waals surface area contributed by atoms with E-state index in [1.165, 1.54) is 22.5 Å². The molecule has 0 saturated heterocycles. The summed E-state index contributed by atoms with van der Waals surface area (Å²) in [5, 5.41) is 14.4. The van der Waals surface area contributed by atoms with Crippen LogP contribution in [0.25, 0.3) is 10.6 Å². The van der Waals surface area contributed by atoms with Crippen LogP contribution in [-0.4, -0.2) is 21.1 Å². The van der Waals surface area contributed by atoms with E-state index in [0.717, 1.165) is 26.4 Å². The van der Waals surface area contributed by atoms with E-state index in [2.05, 4.69) is 51.7 Å². The van der Waals surface area contributed by atoms with E-state index in [1.807, 2.05) is 35.7 Å². The van der Waals surface area contributed by atoms with Crippen molar-refractivity contribution in [1.82, 2.24) is 15.2 Å². The van der Waals surface area contributed by atoms with Crippen molar-refractivity contribution < 1.29 is 4.79 Å². The predicted molar refractivity (Wildman–Crippen MR) is 121 cm³/mol. The Kier molecular flexibility index (Phi) is 6.33. The third-order valence-electron chi connectivity index (χ3n) is 4.05. The molecule has 2 heterocycles. The van der Waals surface area contributed by atoms with Crippen molar-refractivity contribution in [2.24, 2.45) is 0 Å². The lowest BCUT2D eigenvalue weighted by atomic mass is 10.2. The summed E-state index contributed by atoms with van der Waals surface area (Å²) in [6.45, 7) is 2.06. The Morgan fingerprint density at radius 1 is 1.07 bits per heavy atom. The molecule has 0 spiro atoms. The topological polar surface area (TPSA) is 67.8 Å². The first-order chi connectivity index (χ1) is 14.2. The van der Waals surface area contributed by atoms with Crippen LogP contribution >= 0.6 is 34.4 Å². The first-order valence-corrected chi connectivity index (χ1v) is 11.7. The average Bonchev–Trinajstić information content (AvgIpc) is 3.37. The van der Waals surface area contributed by atoms with E-state index < -0.39 is 0 Å². The highest BCUT2D eigenvalue weighted by molar-refractivity contribution is 8.00. The fraction of sp³-hybridized carbons (Fsp3) is 0.143. The number of rotatable bonds is 7. The van der Waals surface area contributed by atoms with Crippen molar-refractivity contribution in [2.45, 2.75) is 23.4 Å². The van der Waals surface area contributed by atoms with Gasteiger partial charge in [0.05, 0.1) is 12.1 Å². The van der Waals surface area contributed by atoms with Crippen molar-refractivity contribution in [2.75, 3.05) is 5.32 Å². The molecule has 29 heavy (non-hydrogen) atoms. The smallest absolute Gasteiger partial charge is 0.232 e. The number of amides is 1. The van der Waals surface area contributed by atoms with E-state index in [1.54, 1.807) is 23.1 Å². The zero-order valence-electron chi connectivity index (χ0n) is 15.7. The lowest BCUT2D eigenvalue weighted by molar-refractivity contribution is -0.115. The number of thiazole rings is 1. The van der Waals surface area contributed by atoms with Gasteiger partial charge in [-0.05, 0) is 12.5 Å². The van der Waals surface area contributed by atoms with Crippen LogP contribution in [0.1, 0.15) is 16.8 Å². The lowest BCUT2D eigenvalue weighted by Gasteiger charge is -1.99. The SMILES string of the molecule is Cc1ccc(-c2nc(CC(=O)Nc3nnc(SCc4ccccc4)s3)cs2)cc1. The van der Waals surface area contributed by atoms with Gasteiger partial charge in [0.1, 0.15) is 5.01 Å². The molecule has 4 rings (SSSR count). The minimum Gasteiger partial charge on any atom is -0.300 e. The summed E-state index contributed by atoms with van der Waals surface area (Å²) in [6, 6.07) is 18.4. The monoisotopic (exact) mass is 438 g/mol. The van der Waals surface area contributed by atoms with E-state index >= 15 is 0 Å². The Labute approximate surface area is 181 Å². The first kappa shape index (κ1) is 19.8. The van der Waals surface area contributed by atoms with Crippen molar-refractivity contribution in [3.63, 3.8) is 0 Å². The van der Waals surface area contributed by atoms with Gasteiger partial charge in [-0.2, -0.15) is 0 Å². The van der Waals surface area contributed by atoms with Crippen LogP contribution in [0.5, 0.6) is 0 Å².